The lowest BCUT2D eigenvalue weighted by molar-refractivity contribution is -0.175. The van der Waals surface area contributed by atoms with E-state index in [0.717, 1.165) is 44.5 Å². The molecule has 1 heterocycles. The van der Waals surface area contributed by atoms with Gasteiger partial charge in [0, 0.05) is 13.0 Å². The Kier molecular flexibility index (Phi) is 6.37. The first-order chi connectivity index (χ1) is 16.2. The molecule has 0 spiro atoms. The summed E-state index contributed by atoms with van der Waals surface area (Å²) in [5, 5.41) is 15.2. The maximum absolute atomic E-state index is 13.5. The number of ether oxygens (including phenoxy) is 2. The van der Waals surface area contributed by atoms with Crippen LogP contribution in [0.4, 0.5) is 0 Å². The number of nitrogens with zero attached hydrogens (tertiary/aromatic N) is 2. The average molecular weight is 473 g/mol. The zero-order valence-corrected chi connectivity index (χ0v) is 21.6. The van der Waals surface area contributed by atoms with Crippen LogP contribution in [0.2, 0.25) is 0 Å². The summed E-state index contributed by atoms with van der Waals surface area (Å²) in [5.41, 5.74) is -0.235. The van der Waals surface area contributed by atoms with Gasteiger partial charge >= 0.3 is 0 Å². The highest BCUT2D eigenvalue weighted by molar-refractivity contribution is 5.82. The molecule has 0 bridgehead atoms. The van der Waals surface area contributed by atoms with Crippen LogP contribution in [0, 0.1) is 40.4 Å². The van der Waals surface area contributed by atoms with Crippen molar-refractivity contribution in [2.24, 2.45) is 40.4 Å². The molecule has 8 atom stereocenters. The summed E-state index contributed by atoms with van der Waals surface area (Å²) < 4.78 is 13.2. The van der Waals surface area contributed by atoms with Crippen LogP contribution in [0.5, 0.6) is 5.75 Å². The molecule has 190 valence electrons. The van der Waals surface area contributed by atoms with E-state index in [4.69, 9.17) is 9.47 Å². The standard InChI is InChI=1S/C28H44N2O4/c1-5-34-20-15-29-30(16-20)17-25(31)24-9-8-22-21-7-6-19-14-26(2,32)12-13-28(19,18-33-4)23(21)10-11-27(22,24)3/h15-16,19,21-24,32H,5-14,17-18H2,1-4H3/t19-,21-,22-,23-,24+,26+,27-,28+/m0/s1. The van der Waals surface area contributed by atoms with Gasteiger partial charge in [0.25, 0.3) is 0 Å². The number of ketones is 1. The Balaban J connectivity index is 1.34. The Morgan fingerprint density at radius 2 is 1.97 bits per heavy atom. The Morgan fingerprint density at radius 1 is 1.15 bits per heavy atom. The zero-order valence-electron chi connectivity index (χ0n) is 21.6. The quantitative estimate of drug-likeness (QED) is 0.612. The van der Waals surface area contributed by atoms with Gasteiger partial charge < -0.3 is 14.6 Å². The molecular weight excluding hydrogens is 428 g/mol. The van der Waals surface area contributed by atoms with Gasteiger partial charge in [0.2, 0.25) is 0 Å². The van der Waals surface area contributed by atoms with Crippen molar-refractivity contribution in [3.8, 4) is 5.75 Å². The summed E-state index contributed by atoms with van der Waals surface area (Å²) in [6, 6.07) is 0. The summed E-state index contributed by atoms with van der Waals surface area (Å²) in [6.07, 6.45) is 13.4. The van der Waals surface area contributed by atoms with Gasteiger partial charge in [-0.05, 0) is 106 Å². The minimum atomic E-state index is -0.530. The lowest BCUT2D eigenvalue weighted by Gasteiger charge is -2.62. The number of hydrogen-bond acceptors (Lipinski definition) is 5. The maximum atomic E-state index is 13.5. The largest absolute Gasteiger partial charge is 0.491 e. The number of aromatic nitrogens is 2. The van der Waals surface area contributed by atoms with Crippen molar-refractivity contribution >= 4 is 5.78 Å². The van der Waals surface area contributed by atoms with E-state index in [1.807, 2.05) is 27.2 Å². The first-order valence-corrected chi connectivity index (χ1v) is 13.6. The van der Waals surface area contributed by atoms with E-state index in [0.29, 0.717) is 42.6 Å². The highest BCUT2D eigenvalue weighted by atomic mass is 16.5. The summed E-state index contributed by atoms with van der Waals surface area (Å²) >= 11 is 0. The molecular formula is C28H44N2O4. The van der Waals surface area contributed by atoms with E-state index in [1.54, 1.807) is 10.9 Å². The minimum Gasteiger partial charge on any atom is -0.491 e. The predicted octanol–water partition coefficient (Wildman–Crippen LogP) is 4.89. The molecule has 4 fully saturated rings. The molecule has 0 saturated heterocycles. The third kappa shape index (κ3) is 3.93. The van der Waals surface area contributed by atoms with Gasteiger partial charge in [-0.25, -0.2) is 0 Å². The molecule has 0 radical (unpaired) electrons. The molecule has 0 aromatic carbocycles. The van der Waals surface area contributed by atoms with Crippen LogP contribution in [0.3, 0.4) is 0 Å². The van der Waals surface area contributed by atoms with Crippen LogP contribution >= 0.6 is 0 Å². The van der Waals surface area contributed by atoms with Crippen LogP contribution in [0.15, 0.2) is 12.4 Å². The molecule has 4 aliphatic carbocycles. The molecule has 4 aliphatic rings. The highest BCUT2D eigenvalue weighted by Crippen LogP contribution is 2.68. The molecule has 0 aliphatic heterocycles. The van der Waals surface area contributed by atoms with Gasteiger partial charge in [-0.1, -0.05) is 6.92 Å². The molecule has 5 rings (SSSR count). The van der Waals surface area contributed by atoms with Crippen LogP contribution in [0.25, 0.3) is 0 Å². The molecule has 1 N–H and O–H groups in total. The van der Waals surface area contributed by atoms with Gasteiger partial charge in [0.05, 0.1) is 37.8 Å². The number of methoxy groups -OCH3 is 1. The number of fused-ring (bicyclic) bond motifs is 5. The third-order valence-electron chi connectivity index (χ3n) is 10.7. The summed E-state index contributed by atoms with van der Waals surface area (Å²) in [4.78, 5) is 13.5. The van der Waals surface area contributed by atoms with Crippen LogP contribution in [-0.2, 0) is 16.1 Å². The van der Waals surface area contributed by atoms with Gasteiger partial charge in [0.15, 0.2) is 11.5 Å². The lowest BCUT2D eigenvalue weighted by Crippen LogP contribution is -2.58. The molecule has 0 unspecified atom stereocenters. The monoisotopic (exact) mass is 472 g/mol. The molecule has 1 aromatic heterocycles. The highest BCUT2D eigenvalue weighted by Gasteiger charge is 2.63. The van der Waals surface area contributed by atoms with E-state index >= 15 is 0 Å². The SMILES string of the molecule is CCOc1cnn(CC(=O)[C@H]2CC[C@H]3[C@@H]4CC[C@H]5C[C@](C)(O)CC[C@]5(COC)[C@H]4CC[C@]23C)c1. The molecule has 4 saturated carbocycles. The average Bonchev–Trinajstić information content (AvgIpc) is 3.37. The Morgan fingerprint density at radius 3 is 2.74 bits per heavy atom. The van der Waals surface area contributed by atoms with Crippen LogP contribution in [0.1, 0.15) is 78.6 Å². The number of Topliss-reactive ketones (excluding diaryl/α,β-unsaturated/α-hetero) is 1. The maximum Gasteiger partial charge on any atom is 0.157 e. The second-order valence-corrected chi connectivity index (χ2v) is 12.5. The second-order valence-electron chi connectivity index (χ2n) is 12.5. The van der Waals surface area contributed by atoms with Crippen molar-refractivity contribution in [3.05, 3.63) is 12.4 Å². The molecule has 0 amide bonds. The van der Waals surface area contributed by atoms with E-state index in [2.05, 4.69) is 12.0 Å². The fourth-order valence-corrected chi connectivity index (χ4v) is 9.25. The van der Waals surface area contributed by atoms with Crippen molar-refractivity contribution in [1.29, 1.82) is 0 Å². The topological polar surface area (TPSA) is 73.6 Å². The van der Waals surface area contributed by atoms with Crippen LogP contribution < -0.4 is 4.74 Å². The molecule has 1 aromatic rings. The molecule has 6 nitrogen and oxygen atoms in total. The fraction of sp³-hybridized carbons (Fsp3) is 0.857. The normalized spacial score (nSPS) is 43.6. The number of carbonyl (C=O) groups excluding carboxylic acids is 1. The van der Waals surface area contributed by atoms with Gasteiger partial charge in [-0.2, -0.15) is 5.10 Å². The van der Waals surface area contributed by atoms with Crippen molar-refractivity contribution in [1.82, 2.24) is 9.78 Å². The Labute approximate surface area is 204 Å². The summed E-state index contributed by atoms with van der Waals surface area (Å²) in [5.74, 6) is 3.71. The van der Waals surface area contributed by atoms with E-state index < -0.39 is 5.60 Å². The van der Waals surface area contributed by atoms with E-state index in [1.165, 1.54) is 25.7 Å². The van der Waals surface area contributed by atoms with Crippen molar-refractivity contribution in [2.45, 2.75) is 90.7 Å². The smallest absolute Gasteiger partial charge is 0.157 e. The van der Waals surface area contributed by atoms with Gasteiger partial charge in [-0.3, -0.25) is 9.48 Å². The Bertz CT molecular complexity index is 897. The van der Waals surface area contributed by atoms with Gasteiger partial charge in [0.1, 0.15) is 0 Å². The number of rotatable bonds is 7. The number of carbonyl (C=O) groups is 1. The molecule has 6 heteroatoms. The fourth-order valence-electron chi connectivity index (χ4n) is 9.25. The number of hydrogen-bond donors (Lipinski definition) is 1. The lowest BCUT2D eigenvalue weighted by atomic mass is 9.43. The molecule has 34 heavy (non-hydrogen) atoms. The van der Waals surface area contributed by atoms with E-state index in [-0.39, 0.29) is 16.7 Å². The Hall–Kier alpha value is -1.40. The van der Waals surface area contributed by atoms with Crippen molar-refractivity contribution in [3.63, 3.8) is 0 Å². The van der Waals surface area contributed by atoms with Crippen LogP contribution in [-0.4, -0.2) is 46.6 Å². The van der Waals surface area contributed by atoms with Crippen molar-refractivity contribution < 1.29 is 19.4 Å². The minimum absolute atomic E-state index is 0.0927. The number of aliphatic hydroxyl groups is 1. The van der Waals surface area contributed by atoms with Crippen molar-refractivity contribution in [2.75, 3.05) is 20.3 Å². The second kappa shape index (κ2) is 8.92. The summed E-state index contributed by atoms with van der Waals surface area (Å²) in [7, 11) is 1.85. The third-order valence-corrected chi connectivity index (χ3v) is 10.7. The summed E-state index contributed by atoms with van der Waals surface area (Å²) in [6.45, 7) is 8.17. The first kappa shape index (κ1) is 24.3. The zero-order chi connectivity index (χ0) is 24.1. The van der Waals surface area contributed by atoms with Gasteiger partial charge in [-0.15, -0.1) is 0 Å². The van der Waals surface area contributed by atoms with E-state index in [9.17, 15) is 9.90 Å². The first-order valence-electron chi connectivity index (χ1n) is 13.6. The predicted molar refractivity (Wildman–Crippen MR) is 130 cm³/mol.